The molecule has 29 heavy (non-hydrogen) atoms. The number of hydrogen-bond donors (Lipinski definition) is 2. The summed E-state index contributed by atoms with van der Waals surface area (Å²) in [5.74, 6) is 0.728. The molecule has 0 aromatic carbocycles. The van der Waals surface area contributed by atoms with E-state index < -0.39 is 0 Å². The number of rotatable bonds is 9. The first-order chi connectivity index (χ1) is 13.8. The molecular weight excluding hydrogens is 366 g/mol. The molecule has 1 atom stereocenters. The quantitative estimate of drug-likeness (QED) is 0.365. The first-order valence-electron chi connectivity index (χ1n) is 10.8. The third-order valence-corrected chi connectivity index (χ3v) is 5.84. The van der Waals surface area contributed by atoms with Crippen LogP contribution in [0.4, 0.5) is 0 Å². The summed E-state index contributed by atoms with van der Waals surface area (Å²) in [7, 11) is 5.51. The zero-order valence-corrected chi connectivity index (χ0v) is 19.1. The molecule has 1 aromatic rings. The van der Waals surface area contributed by atoms with E-state index in [4.69, 9.17) is 0 Å². The highest BCUT2D eigenvalue weighted by Crippen LogP contribution is 2.15. The summed E-state index contributed by atoms with van der Waals surface area (Å²) in [5, 5.41) is 11.4. The highest BCUT2D eigenvalue weighted by Gasteiger charge is 2.22. The number of amides is 1. The van der Waals surface area contributed by atoms with Crippen LogP contribution in [0.25, 0.3) is 0 Å². The number of carbonyl (C=O) groups is 1. The molecule has 1 fully saturated rings. The number of likely N-dealkylation sites (N-methyl/N-ethyl adjacent to an activating group) is 2. The second-order valence-corrected chi connectivity index (χ2v) is 8.06. The number of aromatic nitrogens is 2. The van der Waals surface area contributed by atoms with Crippen molar-refractivity contribution in [2.24, 2.45) is 12.0 Å². The Hall–Kier alpha value is -2.09. The van der Waals surface area contributed by atoms with Gasteiger partial charge in [0.05, 0.1) is 5.69 Å². The van der Waals surface area contributed by atoms with Crippen LogP contribution in [0.2, 0.25) is 0 Å². The monoisotopic (exact) mass is 405 g/mol. The van der Waals surface area contributed by atoms with Crippen molar-refractivity contribution >= 4 is 11.9 Å². The number of aliphatic imine (C=N–C) groups is 1. The van der Waals surface area contributed by atoms with Gasteiger partial charge in [-0.3, -0.25) is 14.4 Å². The fourth-order valence-corrected chi connectivity index (χ4v) is 3.87. The minimum atomic E-state index is 0.00348. The summed E-state index contributed by atoms with van der Waals surface area (Å²) in [6.07, 6.45) is 4.43. The maximum atomic E-state index is 11.9. The van der Waals surface area contributed by atoms with E-state index in [1.165, 1.54) is 30.6 Å². The number of likely N-dealkylation sites (tertiary alicyclic amines) is 1. The van der Waals surface area contributed by atoms with Gasteiger partial charge in [-0.25, -0.2) is 4.99 Å². The Morgan fingerprint density at radius 2 is 2.07 bits per heavy atom. The third kappa shape index (κ3) is 6.73. The Morgan fingerprint density at radius 1 is 1.31 bits per heavy atom. The number of carbonyl (C=O) groups excluding carboxylic acids is 1. The lowest BCUT2D eigenvalue weighted by molar-refractivity contribution is -0.127. The second kappa shape index (κ2) is 11.2. The number of nitrogens with one attached hydrogen (secondary N) is 2. The van der Waals surface area contributed by atoms with E-state index in [2.05, 4.69) is 46.4 Å². The molecule has 0 bridgehead atoms. The number of nitrogens with zero attached hydrogens (tertiary/aromatic N) is 5. The Balaban J connectivity index is 1.88. The molecule has 1 aliphatic heterocycles. The van der Waals surface area contributed by atoms with Crippen LogP contribution in [0, 0.1) is 13.8 Å². The van der Waals surface area contributed by atoms with Crippen LogP contribution in [0.5, 0.6) is 0 Å². The van der Waals surface area contributed by atoms with Crippen molar-refractivity contribution in [2.45, 2.75) is 52.5 Å². The normalized spacial score (nSPS) is 17.6. The first-order valence-corrected chi connectivity index (χ1v) is 10.8. The minimum absolute atomic E-state index is 0.00348. The van der Waals surface area contributed by atoms with Crippen LogP contribution < -0.4 is 10.6 Å². The van der Waals surface area contributed by atoms with E-state index in [1.54, 1.807) is 19.0 Å². The number of aryl methyl sites for hydroxylation is 2. The smallest absolute Gasteiger partial charge is 0.243 e. The van der Waals surface area contributed by atoms with Crippen molar-refractivity contribution in [1.82, 2.24) is 30.2 Å². The summed E-state index contributed by atoms with van der Waals surface area (Å²) < 4.78 is 1.94. The zero-order valence-electron chi connectivity index (χ0n) is 19.1. The average Bonchev–Trinajstić information content (AvgIpc) is 3.24. The molecule has 0 spiro atoms. The van der Waals surface area contributed by atoms with Gasteiger partial charge in [-0.15, -0.1) is 0 Å². The fraction of sp³-hybridized carbons (Fsp3) is 0.762. The Kier molecular flexibility index (Phi) is 8.95. The largest absolute Gasteiger partial charge is 0.356 e. The van der Waals surface area contributed by atoms with Gasteiger partial charge in [0.25, 0.3) is 0 Å². The fourth-order valence-electron chi connectivity index (χ4n) is 3.87. The molecule has 2 rings (SSSR count). The molecule has 0 aliphatic carbocycles. The maximum absolute atomic E-state index is 11.9. The van der Waals surface area contributed by atoms with E-state index in [0.29, 0.717) is 6.04 Å². The van der Waals surface area contributed by atoms with Crippen molar-refractivity contribution < 1.29 is 4.79 Å². The van der Waals surface area contributed by atoms with E-state index in [-0.39, 0.29) is 12.5 Å². The third-order valence-electron chi connectivity index (χ3n) is 5.84. The van der Waals surface area contributed by atoms with Gasteiger partial charge in [0.15, 0.2) is 5.96 Å². The van der Waals surface area contributed by atoms with Crippen molar-refractivity contribution in [3.63, 3.8) is 0 Å². The second-order valence-electron chi connectivity index (χ2n) is 8.06. The van der Waals surface area contributed by atoms with Gasteiger partial charge in [-0.2, -0.15) is 5.10 Å². The Labute approximate surface area is 175 Å². The lowest BCUT2D eigenvalue weighted by Gasteiger charge is -2.24. The molecule has 1 aliphatic rings. The average molecular weight is 406 g/mol. The summed E-state index contributed by atoms with van der Waals surface area (Å²) in [6, 6.07) is 0.539. The van der Waals surface area contributed by atoms with Gasteiger partial charge in [0, 0.05) is 46.0 Å². The zero-order chi connectivity index (χ0) is 21.4. The van der Waals surface area contributed by atoms with Gasteiger partial charge in [-0.1, -0.05) is 6.92 Å². The molecule has 0 radical (unpaired) electrons. The summed E-state index contributed by atoms with van der Waals surface area (Å²) >= 11 is 0. The molecule has 0 saturated carbocycles. The lowest BCUT2D eigenvalue weighted by Crippen LogP contribution is -2.45. The van der Waals surface area contributed by atoms with Gasteiger partial charge >= 0.3 is 0 Å². The molecule has 1 amide bonds. The van der Waals surface area contributed by atoms with Crippen molar-refractivity contribution in [2.75, 3.05) is 46.8 Å². The van der Waals surface area contributed by atoms with Gasteiger partial charge in [0.2, 0.25) is 5.91 Å². The maximum Gasteiger partial charge on any atom is 0.243 e. The SMILES string of the molecule is CCN1CCCC1CNC(=NCC(=O)N(C)C)NCCCc1c(C)nn(C)c1C. The van der Waals surface area contributed by atoms with Crippen LogP contribution in [-0.2, 0) is 18.3 Å². The van der Waals surface area contributed by atoms with Crippen LogP contribution in [0.3, 0.4) is 0 Å². The van der Waals surface area contributed by atoms with E-state index in [9.17, 15) is 4.79 Å². The van der Waals surface area contributed by atoms with Crippen LogP contribution in [0.1, 0.15) is 43.1 Å². The molecule has 8 heteroatoms. The molecular formula is C21H39N7O. The molecule has 1 saturated heterocycles. The van der Waals surface area contributed by atoms with E-state index >= 15 is 0 Å². The first kappa shape index (κ1) is 23.2. The molecule has 2 heterocycles. The van der Waals surface area contributed by atoms with Crippen LogP contribution in [0.15, 0.2) is 4.99 Å². The molecule has 8 nitrogen and oxygen atoms in total. The van der Waals surface area contributed by atoms with Crippen molar-refractivity contribution in [3.8, 4) is 0 Å². The lowest BCUT2D eigenvalue weighted by atomic mass is 10.1. The molecule has 1 unspecified atom stereocenters. The Morgan fingerprint density at radius 3 is 2.69 bits per heavy atom. The topological polar surface area (TPSA) is 77.8 Å². The van der Waals surface area contributed by atoms with E-state index in [1.807, 2.05) is 11.7 Å². The summed E-state index contributed by atoms with van der Waals surface area (Å²) in [4.78, 5) is 20.5. The molecule has 2 N–H and O–H groups in total. The Bertz CT molecular complexity index is 695. The molecule has 1 aromatic heterocycles. The number of guanidine groups is 1. The molecule has 164 valence electrons. The summed E-state index contributed by atoms with van der Waals surface area (Å²) in [5.41, 5.74) is 3.66. The van der Waals surface area contributed by atoms with Gasteiger partial charge in [0.1, 0.15) is 6.54 Å². The predicted octanol–water partition coefficient (Wildman–Crippen LogP) is 1.08. The van der Waals surface area contributed by atoms with Crippen molar-refractivity contribution in [1.29, 1.82) is 0 Å². The van der Waals surface area contributed by atoms with Crippen molar-refractivity contribution in [3.05, 3.63) is 17.0 Å². The van der Waals surface area contributed by atoms with Crippen LogP contribution >= 0.6 is 0 Å². The predicted molar refractivity (Wildman–Crippen MR) is 118 cm³/mol. The van der Waals surface area contributed by atoms with E-state index in [0.717, 1.165) is 44.1 Å². The highest BCUT2D eigenvalue weighted by atomic mass is 16.2. The van der Waals surface area contributed by atoms with Gasteiger partial charge in [-0.05, 0) is 58.2 Å². The van der Waals surface area contributed by atoms with Crippen LogP contribution in [-0.4, -0.2) is 84.3 Å². The highest BCUT2D eigenvalue weighted by molar-refractivity contribution is 5.84. The van der Waals surface area contributed by atoms with Gasteiger partial charge < -0.3 is 15.5 Å². The number of hydrogen-bond acceptors (Lipinski definition) is 4. The standard InChI is InChI=1S/C21H39N7O/c1-7-28-13-9-10-18(28)14-23-21(24-15-20(29)26(4)5)22-12-8-11-19-16(2)25-27(6)17(19)3/h18H,7-15H2,1-6H3,(H2,22,23,24). The minimum Gasteiger partial charge on any atom is -0.356 e. The summed E-state index contributed by atoms with van der Waals surface area (Å²) in [6.45, 7) is 10.5.